The predicted molar refractivity (Wildman–Crippen MR) is 68.7 cm³/mol. The number of aliphatic hydroxyl groups excluding tert-OH is 1. The van der Waals surface area contributed by atoms with Gasteiger partial charge < -0.3 is 10.4 Å². The maximum Gasteiger partial charge on any atom is 0.238 e. The van der Waals surface area contributed by atoms with E-state index in [-0.39, 0.29) is 18.8 Å². The van der Waals surface area contributed by atoms with Gasteiger partial charge in [0.25, 0.3) is 0 Å². The molecule has 0 heterocycles. The molecule has 104 valence electrons. The highest BCUT2D eigenvalue weighted by Gasteiger charge is 2.11. The van der Waals surface area contributed by atoms with Crippen molar-refractivity contribution in [2.24, 2.45) is 0 Å². The lowest BCUT2D eigenvalue weighted by Gasteiger charge is -2.18. The Morgan fingerprint density at radius 2 is 2.21 bits per heavy atom. The number of amides is 1. The van der Waals surface area contributed by atoms with Gasteiger partial charge in [0.05, 0.1) is 18.8 Å². The van der Waals surface area contributed by atoms with E-state index in [1.165, 1.54) is 0 Å². The summed E-state index contributed by atoms with van der Waals surface area (Å²) in [6, 6.07) is 2.92. The van der Waals surface area contributed by atoms with Crippen molar-refractivity contribution in [3.05, 3.63) is 42.5 Å². The van der Waals surface area contributed by atoms with Crippen LogP contribution in [-0.4, -0.2) is 42.2 Å². The van der Waals surface area contributed by atoms with Crippen LogP contribution in [-0.2, 0) is 4.79 Å². The lowest BCUT2D eigenvalue weighted by Crippen LogP contribution is -2.35. The summed E-state index contributed by atoms with van der Waals surface area (Å²) < 4.78 is 26.0. The number of rotatable bonds is 7. The maximum atomic E-state index is 13.3. The molecule has 0 atom stereocenters. The molecule has 1 rings (SSSR count). The number of nitrogens with one attached hydrogen (secondary N) is 1. The van der Waals surface area contributed by atoms with Crippen LogP contribution in [0.1, 0.15) is 0 Å². The highest BCUT2D eigenvalue weighted by Crippen LogP contribution is 2.14. The van der Waals surface area contributed by atoms with Crippen LogP contribution in [0, 0.1) is 11.6 Å². The van der Waals surface area contributed by atoms with Gasteiger partial charge >= 0.3 is 0 Å². The van der Waals surface area contributed by atoms with Gasteiger partial charge in [-0.1, -0.05) is 6.08 Å². The van der Waals surface area contributed by atoms with Gasteiger partial charge in [-0.3, -0.25) is 9.69 Å². The number of anilines is 1. The van der Waals surface area contributed by atoms with Crippen molar-refractivity contribution in [1.29, 1.82) is 0 Å². The van der Waals surface area contributed by atoms with Crippen LogP contribution in [0.15, 0.2) is 30.9 Å². The van der Waals surface area contributed by atoms with Crippen LogP contribution in [0.2, 0.25) is 0 Å². The Balaban J connectivity index is 2.60. The third-order valence-corrected chi connectivity index (χ3v) is 2.38. The Labute approximate surface area is 110 Å². The zero-order chi connectivity index (χ0) is 14.3. The molecule has 19 heavy (non-hydrogen) atoms. The summed E-state index contributed by atoms with van der Waals surface area (Å²) in [7, 11) is 0. The Morgan fingerprint density at radius 3 is 2.79 bits per heavy atom. The summed E-state index contributed by atoms with van der Waals surface area (Å²) in [6.45, 7) is 4.18. The molecule has 0 spiro atoms. The number of aliphatic hydroxyl groups is 1. The van der Waals surface area contributed by atoms with Crippen LogP contribution >= 0.6 is 0 Å². The molecule has 0 unspecified atom stereocenters. The summed E-state index contributed by atoms with van der Waals surface area (Å²) >= 11 is 0. The summed E-state index contributed by atoms with van der Waals surface area (Å²) in [5, 5.41) is 11.2. The minimum absolute atomic E-state index is 0.0105. The van der Waals surface area contributed by atoms with Gasteiger partial charge in [-0.05, 0) is 12.1 Å². The molecule has 0 saturated heterocycles. The first-order chi connectivity index (χ1) is 9.06. The lowest BCUT2D eigenvalue weighted by atomic mass is 10.3. The van der Waals surface area contributed by atoms with Crippen LogP contribution < -0.4 is 5.32 Å². The number of carbonyl (C=O) groups is 1. The minimum Gasteiger partial charge on any atom is -0.395 e. The van der Waals surface area contributed by atoms with Gasteiger partial charge in [0.1, 0.15) is 11.6 Å². The molecular weight excluding hydrogens is 254 g/mol. The smallest absolute Gasteiger partial charge is 0.238 e. The van der Waals surface area contributed by atoms with Crippen LogP contribution in [0.4, 0.5) is 14.5 Å². The second-order valence-electron chi connectivity index (χ2n) is 3.92. The minimum atomic E-state index is -0.828. The highest BCUT2D eigenvalue weighted by atomic mass is 19.1. The number of hydrogen-bond donors (Lipinski definition) is 2. The van der Waals surface area contributed by atoms with E-state index < -0.39 is 17.5 Å². The maximum absolute atomic E-state index is 13.3. The fourth-order valence-electron chi connectivity index (χ4n) is 1.54. The molecule has 1 aromatic carbocycles. The molecule has 2 N–H and O–H groups in total. The number of nitrogens with zero attached hydrogens (tertiary/aromatic N) is 1. The van der Waals surface area contributed by atoms with E-state index in [0.717, 1.165) is 12.1 Å². The predicted octanol–water partition coefficient (Wildman–Crippen LogP) is 1.38. The Bertz CT molecular complexity index is 452. The summed E-state index contributed by atoms with van der Waals surface area (Å²) in [5.74, 6) is -1.98. The Hall–Kier alpha value is -1.79. The van der Waals surface area contributed by atoms with Crippen molar-refractivity contribution in [1.82, 2.24) is 4.90 Å². The summed E-state index contributed by atoms with van der Waals surface area (Å²) in [5.41, 5.74) is -0.0750. The van der Waals surface area contributed by atoms with Crippen LogP contribution in [0.25, 0.3) is 0 Å². The number of carbonyl (C=O) groups excluding carboxylic acids is 1. The van der Waals surface area contributed by atoms with Crippen LogP contribution in [0.5, 0.6) is 0 Å². The normalized spacial score (nSPS) is 10.5. The fourth-order valence-corrected chi connectivity index (χ4v) is 1.54. The topological polar surface area (TPSA) is 52.6 Å². The van der Waals surface area contributed by atoms with E-state index in [0.29, 0.717) is 19.2 Å². The molecule has 0 aromatic heterocycles. The van der Waals surface area contributed by atoms with E-state index in [1.807, 2.05) is 0 Å². The first kappa shape index (κ1) is 15.3. The first-order valence-corrected chi connectivity index (χ1v) is 5.76. The fraction of sp³-hybridized carbons (Fsp3) is 0.308. The molecule has 0 bridgehead atoms. The van der Waals surface area contributed by atoms with E-state index in [2.05, 4.69) is 11.9 Å². The van der Waals surface area contributed by atoms with Crippen LogP contribution in [0.3, 0.4) is 0 Å². The average Bonchev–Trinajstić information content (AvgIpc) is 2.33. The molecular formula is C13H16F2N2O2. The van der Waals surface area contributed by atoms with Gasteiger partial charge in [0, 0.05) is 19.2 Å². The monoisotopic (exact) mass is 270 g/mol. The van der Waals surface area contributed by atoms with E-state index in [1.54, 1.807) is 11.0 Å². The van der Waals surface area contributed by atoms with Crippen molar-refractivity contribution >= 4 is 11.6 Å². The van der Waals surface area contributed by atoms with Gasteiger partial charge in [0.2, 0.25) is 5.91 Å². The molecule has 1 aromatic rings. The standard InChI is InChI=1S/C13H16F2N2O2/c1-2-5-17(6-7-18)9-13(19)16-12-4-3-10(14)8-11(12)15/h2-4,8,18H,1,5-7,9H2,(H,16,19). The van der Waals surface area contributed by atoms with Gasteiger partial charge in [-0.15, -0.1) is 6.58 Å². The molecule has 0 radical (unpaired) electrons. The zero-order valence-corrected chi connectivity index (χ0v) is 10.4. The van der Waals surface area contributed by atoms with Gasteiger partial charge in [-0.2, -0.15) is 0 Å². The molecule has 1 amide bonds. The molecule has 0 saturated carbocycles. The largest absolute Gasteiger partial charge is 0.395 e. The second kappa shape index (κ2) is 7.60. The number of halogens is 2. The molecule has 0 fully saturated rings. The first-order valence-electron chi connectivity index (χ1n) is 5.76. The van der Waals surface area contributed by atoms with E-state index >= 15 is 0 Å². The molecule has 4 nitrogen and oxygen atoms in total. The van der Waals surface area contributed by atoms with Gasteiger partial charge in [-0.25, -0.2) is 8.78 Å². The SMILES string of the molecule is C=CCN(CCO)CC(=O)Nc1ccc(F)cc1F. The molecule has 6 heteroatoms. The Morgan fingerprint density at radius 1 is 1.47 bits per heavy atom. The number of benzene rings is 1. The average molecular weight is 270 g/mol. The highest BCUT2D eigenvalue weighted by molar-refractivity contribution is 5.92. The van der Waals surface area contributed by atoms with Crippen molar-refractivity contribution in [2.45, 2.75) is 0 Å². The lowest BCUT2D eigenvalue weighted by molar-refractivity contribution is -0.117. The van der Waals surface area contributed by atoms with Crippen molar-refractivity contribution in [3.63, 3.8) is 0 Å². The van der Waals surface area contributed by atoms with E-state index in [4.69, 9.17) is 5.11 Å². The van der Waals surface area contributed by atoms with Crippen molar-refractivity contribution < 1.29 is 18.7 Å². The van der Waals surface area contributed by atoms with Gasteiger partial charge in [0.15, 0.2) is 0 Å². The molecule has 0 aliphatic carbocycles. The molecule has 0 aliphatic heterocycles. The summed E-state index contributed by atoms with van der Waals surface area (Å²) in [4.78, 5) is 13.3. The third kappa shape index (κ3) is 5.15. The molecule has 0 aliphatic rings. The van der Waals surface area contributed by atoms with Crippen molar-refractivity contribution in [2.75, 3.05) is 31.6 Å². The quantitative estimate of drug-likeness (QED) is 0.736. The third-order valence-electron chi connectivity index (χ3n) is 2.38. The zero-order valence-electron chi connectivity index (χ0n) is 10.4. The summed E-state index contributed by atoms with van der Waals surface area (Å²) in [6.07, 6.45) is 1.60. The van der Waals surface area contributed by atoms with E-state index in [9.17, 15) is 13.6 Å². The van der Waals surface area contributed by atoms with Crippen molar-refractivity contribution in [3.8, 4) is 0 Å². The number of hydrogen-bond acceptors (Lipinski definition) is 3. The Kier molecular flexibility index (Phi) is 6.11. The second-order valence-corrected chi connectivity index (χ2v) is 3.92.